The summed E-state index contributed by atoms with van der Waals surface area (Å²) in [4.78, 5) is 24.7. The molecule has 0 bridgehead atoms. The van der Waals surface area contributed by atoms with E-state index in [1.54, 1.807) is 6.20 Å². The first-order chi connectivity index (χ1) is 20.8. The highest BCUT2D eigenvalue weighted by atomic mass is 16.5. The van der Waals surface area contributed by atoms with Gasteiger partial charge >= 0.3 is 0 Å². The second kappa shape index (κ2) is 14.4. The minimum atomic E-state index is -0.267. The van der Waals surface area contributed by atoms with Gasteiger partial charge in [0.05, 0.1) is 12.7 Å². The predicted molar refractivity (Wildman–Crippen MR) is 171 cm³/mol. The number of benzene rings is 2. The third-order valence-corrected chi connectivity index (χ3v) is 7.43. The topological polar surface area (TPSA) is 103 Å². The van der Waals surface area contributed by atoms with Crippen molar-refractivity contribution >= 4 is 11.6 Å². The Hall–Kier alpha value is -4.11. The molecule has 0 saturated carbocycles. The van der Waals surface area contributed by atoms with Crippen LogP contribution >= 0.6 is 0 Å². The lowest BCUT2D eigenvalue weighted by Gasteiger charge is -2.30. The van der Waals surface area contributed by atoms with Gasteiger partial charge in [-0.2, -0.15) is 0 Å². The van der Waals surface area contributed by atoms with Crippen LogP contribution in [0.15, 0.2) is 79.1 Å². The molecule has 1 fully saturated rings. The molecule has 43 heavy (non-hydrogen) atoms. The van der Waals surface area contributed by atoms with Gasteiger partial charge < -0.3 is 20.5 Å². The predicted octanol–water partition coefficient (Wildman–Crippen LogP) is 6.10. The Kier molecular flexibility index (Phi) is 10.1. The van der Waals surface area contributed by atoms with Crippen LogP contribution in [0, 0.1) is 6.92 Å². The molecular formula is C35H41N5O3. The fraction of sp³-hybridized carbons (Fsp3) is 0.343. The third kappa shape index (κ3) is 8.70. The maximum absolute atomic E-state index is 13.4. The molecule has 8 heteroatoms. The molecule has 2 aromatic heterocycles. The van der Waals surface area contributed by atoms with Crippen molar-refractivity contribution in [2.45, 2.75) is 52.3 Å². The second-order valence-corrected chi connectivity index (χ2v) is 11.4. The van der Waals surface area contributed by atoms with Gasteiger partial charge in [-0.3, -0.25) is 19.7 Å². The quantitative estimate of drug-likeness (QED) is 0.207. The van der Waals surface area contributed by atoms with Gasteiger partial charge in [-0.25, -0.2) is 0 Å². The summed E-state index contributed by atoms with van der Waals surface area (Å²) in [5.74, 6) is 0.506. The Balaban J connectivity index is 1.32. The Morgan fingerprint density at radius 3 is 2.53 bits per heavy atom. The molecule has 1 aliphatic rings. The highest BCUT2D eigenvalue weighted by Gasteiger charge is 2.18. The van der Waals surface area contributed by atoms with Crippen LogP contribution in [0.4, 0.5) is 5.69 Å². The van der Waals surface area contributed by atoms with E-state index >= 15 is 0 Å². The Bertz CT molecular complexity index is 1510. The van der Waals surface area contributed by atoms with Crippen LogP contribution in [0.25, 0.3) is 22.3 Å². The number of anilines is 1. The van der Waals surface area contributed by atoms with E-state index in [2.05, 4.69) is 32.3 Å². The molecule has 4 aromatic rings. The minimum Gasteiger partial charge on any atom is -0.491 e. The molecule has 1 saturated heterocycles. The lowest BCUT2D eigenvalue weighted by Crippen LogP contribution is -2.42. The van der Waals surface area contributed by atoms with E-state index in [0.29, 0.717) is 18.9 Å². The number of pyridine rings is 2. The highest BCUT2D eigenvalue weighted by molar-refractivity contribution is 6.03. The number of hydrogen-bond donors (Lipinski definition) is 2. The van der Waals surface area contributed by atoms with E-state index in [1.165, 1.54) is 0 Å². The number of likely N-dealkylation sites (tertiary alicyclic amines) is 1. The average Bonchev–Trinajstić information content (AvgIpc) is 3.00. The number of ether oxygens (including phenoxy) is 2. The van der Waals surface area contributed by atoms with Gasteiger partial charge in [-0.15, -0.1) is 0 Å². The van der Waals surface area contributed by atoms with Gasteiger partial charge in [0.2, 0.25) is 0 Å². The number of nitrogens with one attached hydrogen (secondary N) is 1. The van der Waals surface area contributed by atoms with Crippen LogP contribution in [0.1, 0.15) is 48.4 Å². The fourth-order valence-electron chi connectivity index (χ4n) is 5.27. The molecular weight excluding hydrogens is 538 g/mol. The monoisotopic (exact) mass is 579 g/mol. The van der Waals surface area contributed by atoms with E-state index in [9.17, 15) is 4.79 Å². The van der Waals surface area contributed by atoms with Gasteiger partial charge in [0, 0.05) is 48.5 Å². The number of piperidine rings is 1. The zero-order valence-electron chi connectivity index (χ0n) is 25.3. The van der Waals surface area contributed by atoms with Crippen LogP contribution < -0.4 is 15.8 Å². The van der Waals surface area contributed by atoms with E-state index in [-0.39, 0.29) is 18.1 Å². The van der Waals surface area contributed by atoms with Crippen molar-refractivity contribution in [3.63, 3.8) is 0 Å². The number of nitrogens with zero attached hydrogens (tertiary/aromatic N) is 3. The summed E-state index contributed by atoms with van der Waals surface area (Å²) in [5, 5.41) is 3.09. The van der Waals surface area contributed by atoms with E-state index in [4.69, 9.17) is 15.2 Å². The van der Waals surface area contributed by atoms with Gasteiger partial charge in [0.25, 0.3) is 5.91 Å². The number of carbonyl (C=O) groups is 1. The molecule has 1 aliphatic heterocycles. The summed E-state index contributed by atoms with van der Waals surface area (Å²) in [5.41, 5.74) is 13.2. The molecule has 0 aliphatic carbocycles. The molecule has 8 nitrogen and oxygen atoms in total. The second-order valence-electron chi connectivity index (χ2n) is 11.4. The molecule has 1 unspecified atom stereocenters. The first-order valence-corrected chi connectivity index (χ1v) is 15.0. The standard InChI is InChI=1S/C35H41N5O3/c1-24(2)42-15-16-43-33-10-8-27(9-11-33)28-12-13-37-34(20-28)35(41)39-32-18-26(22-40-14-4-5-31(36)23-40)17-30(19-32)29-7-6-25(3)38-21-29/h6-13,17-21,24,31H,4-5,14-16,22-23,36H2,1-3H3,(H,39,41). The number of nitrogens with two attached hydrogens (primary N) is 1. The zero-order valence-corrected chi connectivity index (χ0v) is 25.3. The smallest absolute Gasteiger partial charge is 0.274 e. The molecule has 0 spiro atoms. The maximum Gasteiger partial charge on any atom is 0.274 e. The normalized spacial score (nSPS) is 15.4. The van der Waals surface area contributed by atoms with E-state index in [1.807, 2.05) is 81.6 Å². The largest absolute Gasteiger partial charge is 0.491 e. The van der Waals surface area contributed by atoms with E-state index in [0.717, 1.165) is 77.4 Å². The zero-order chi connectivity index (χ0) is 30.2. The van der Waals surface area contributed by atoms with Crippen molar-refractivity contribution in [3.05, 3.63) is 96.1 Å². The molecule has 3 N–H and O–H groups in total. The van der Waals surface area contributed by atoms with Crippen LogP contribution in [-0.2, 0) is 11.3 Å². The minimum absolute atomic E-state index is 0.180. The average molecular weight is 580 g/mol. The van der Waals surface area contributed by atoms with Crippen LogP contribution in [0.2, 0.25) is 0 Å². The summed E-state index contributed by atoms with van der Waals surface area (Å²) in [7, 11) is 0. The van der Waals surface area contributed by atoms with Gasteiger partial charge in [-0.1, -0.05) is 18.2 Å². The summed E-state index contributed by atoms with van der Waals surface area (Å²) >= 11 is 0. The number of hydrogen-bond acceptors (Lipinski definition) is 7. The summed E-state index contributed by atoms with van der Waals surface area (Å²) in [6.45, 7) is 9.66. The Labute approximate surface area is 254 Å². The number of aryl methyl sites for hydroxylation is 1. The van der Waals surface area contributed by atoms with Gasteiger partial charge in [-0.05, 0) is 111 Å². The number of rotatable bonds is 11. The SMILES string of the molecule is Cc1ccc(-c2cc(CN3CCCC(N)C3)cc(NC(=O)c3cc(-c4ccc(OCCOC(C)C)cc4)ccn3)c2)cn1. The molecule has 0 radical (unpaired) electrons. The first-order valence-electron chi connectivity index (χ1n) is 15.0. The van der Waals surface area contributed by atoms with Crippen molar-refractivity contribution in [3.8, 4) is 28.0 Å². The third-order valence-electron chi connectivity index (χ3n) is 7.43. The van der Waals surface area contributed by atoms with Crippen molar-refractivity contribution in [1.82, 2.24) is 14.9 Å². The van der Waals surface area contributed by atoms with Gasteiger partial charge in [0.1, 0.15) is 18.1 Å². The van der Waals surface area contributed by atoms with Crippen molar-refractivity contribution in [2.24, 2.45) is 5.73 Å². The summed E-state index contributed by atoms with van der Waals surface area (Å²) < 4.78 is 11.3. The lowest BCUT2D eigenvalue weighted by atomic mass is 10.0. The highest BCUT2D eigenvalue weighted by Crippen LogP contribution is 2.27. The lowest BCUT2D eigenvalue weighted by molar-refractivity contribution is 0.0553. The van der Waals surface area contributed by atoms with Crippen molar-refractivity contribution < 1.29 is 14.3 Å². The summed E-state index contributed by atoms with van der Waals surface area (Å²) in [6, 6.07) is 22.0. The molecule has 1 amide bonds. The van der Waals surface area contributed by atoms with Crippen LogP contribution in [-0.4, -0.2) is 59.2 Å². The van der Waals surface area contributed by atoms with Crippen LogP contribution in [0.3, 0.4) is 0 Å². The fourth-order valence-corrected chi connectivity index (χ4v) is 5.27. The Morgan fingerprint density at radius 2 is 1.79 bits per heavy atom. The molecule has 5 rings (SSSR count). The number of aromatic nitrogens is 2. The first kappa shape index (κ1) is 30.4. The molecule has 1 atom stereocenters. The number of amides is 1. The van der Waals surface area contributed by atoms with Crippen molar-refractivity contribution in [1.29, 1.82) is 0 Å². The number of carbonyl (C=O) groups excluding carboxylic acids is 1. The molecule has 3 heterocycles. The Morgan fingerprint density at radius 1 is 0.977 bits per heavy atom. The molecule has 224 valence electrons. The van der Waals surface area contributed by atoms with Gasteiger partial charge in [0.15, 0.2) is 0 Å². The van der Waals surface area contributed by atoms with Crippen LogP contribution in [0.5, 0.6) is 5.75 Å². The van der Waals surface area contributed by atoms with E-state index < -0.39 is 0 Å². The molecule has 2 aromatic carbocycles. The van der Waals surface area contributed by atoms with Crippen molar-refractivity contribution in [2.75, 3.05) is 31.6 Å². The maximum atomic E-state index is 13.4. The summed E-state index contributed by atoms with van der Waals surface area (Å²) in [6.07, 6.45) is 5.87.